The highest BCUT2D eigenvalue weighted by atomic mass is 19.4. The molecule has 0 bridgehead atoms. The fourth-order valence-electron chi connectivity index (χ4n) is 3.49. The van der Waals surface area contributed by atoms with E-state index in [1.54, 1.807) is 20.8 Å². The Morgan fingerprint density at radius 2 is 1.41 bits per heavy atom. The van der Waals surface area contributed by atoms with E-state index >= 15 is 0 Å². The summed E-state index contributed by atoms with van der Waals surface area (Å²) >= 11 is 0. The van der Waals surface area contributed by atoms with Crippen LogP contribution < -0.4 is 10.6 Å². The Bertz CT molecular complexity index is 790. The van der Waals surface area contributed by atoms with E-state index in [2.05, 4.69) is 10.6 Å². The molecule has 0 radical (unpaired) electrons. The first-order valence-electron chi connectivity index (χ1n) is 10.1. The Labute approximate surface area is 181 Å². The second-order valence-electron chi connectivity index (χ2n) is 8.91. The highest BCUT2D eigenvalue weighted by Crippen LogP contribution is 2.37. The van der Waals surface area contributed by atoms with E-state index in [0.29, 0.717) is 37.8 Å². The first-order chi connectivity index (χ1) is 14.5. The molecule has 1 aliphatic rings. The summed E-state index contributed by atoms with van der Waals surface area (Å²) in [5.74, 6) is -0.763. The quantitative estimate of drug-likeness (QED) is 0.522. The molecule has 180 valence electrons. The van der Waals surface area contributed by atoms with E-state index in [4.69, 9.17) is 4.74 Å². The number of anilines is 1. The lowest BCUT2D eigenvalue weighted by Crippen LogP contribution is -2.41. The molecule has 1 fully saturated rings. The van der Waals surface area contributed by atoms with Gasteiger partial charge in [0.1, 0.15) is 5.60 Å². The molecule has 0 spiro atoms. The lowest BCUT2D eigenvalue weighted by atomic mass is 9.84. The van der Waals surface area contributed by atoms with Crippen LogP contribution in [0.15, 0.2) is 18.2 Å². The van der Waals surface area contributed by atoms with E-state index in [1.165, 1.54) is 0 Å². The first kappa shape index (κ1) is 25.8. The van der Waals surface area contributed by atoms with Crippen LogP contribution in [0.1, 0.15) is 64.0 Å². The number of hydrogen-bond acceptors (Lipinski definition) is 3. The zero-order valence-electron chi connectivity index (χ0n) is 17.9. The number of alkyl halides is 6. The molecule has 0 atom stereocenters. The summed E-state index contributed by atoms with van der Waals surface area (Å²) in [6.45, 7) is 5.22. The van der Waals surface area contributed by atoms with E-state index in [1.807, 2.05) is 0 Å². The predicted molar refractivity (Wildman–Crippen MR) is 105 cm³/mol. The Hall–Kier alpha value is -2.46. The van der Waals surface area contributed by atoms with Gasteiger partial charge in [-0.1, -0.05) is 0 Å². The van der Waals surface area contributed by atoms with Crippen LogP contribution in [0, 0.1) is 5.92 Å². The summed E-state index contributed by atoms with van der Waals surface area (Å²) < 4.78 is 82.9. The highest BCUT2D eigenvalue weighted by molar-refractivity contribution is 5.91. The number of carbonyl (C=O) groups is 2. The van der Waals surface area contributed by atoms with Crippen molar-refractivity contribution in [3.63, 3.8) is 0 Å². The van der Waals surface area contributed by atoms with Crippen molar-refractivity contribution in [3.05, 3.63) is 29.3 Å². The van der Waals surface area contributed by atoms with Gasteiger partial charge in [0.2, 0.25) is 5.91 Å². The topological polar surface area (TPSA) is 67.4 Å². The third-order valence-corrected chi connectivity index (χ3v) is 4.91. The maximum Gasteiger partial charge on any atom is 0.416 e. The number of benzene rings is 1. The molecule has 1 aliphatic carbocycles. The predicted octanol–water partition coefficient (Wildman–Crippen LogP) is 6.14. The van der Waals surface area contributed by atoms with Crippen LogP contribution in [-0.2, 0) is 21.9 Å². The van der Waals surface area contributed by atoms with Crippen molar-refractivity contribution >= 4 is 17.7 Å². The Morgan fingerprint density at radius 3 is 1.84 bits per heavy atom. The largest absolute Gasteiger partial charge is 0.444 e. The van der Waals surface area contributed by atoms with Crippen molar-refractivity contribution in [3.8, 4) is 0 Å². The molecule has 0 heterocycles. The molecule has 1 saturated carbocycles. The fraction of sp³-hybridized carbons (Fsp3) is 0.619. The van der Waals surface area contributed by atoms with Crippen molar-refractivity contribution in [2.75, 3.05) is 5.32 Å². The van der Waals surface area contributed by atoms with Crippen LogP contribution in [0.4, 0.5) is 36.8 Å². The van der Waals surface area contributed by atoms with Crippen molar-refractivity contribution in [2.24, 2.45) is 5.92 Å². The van der Waals surface area contributed by atoms with Gasteiger partial charge < -0.3 is 15.4 Å². The van der Waals surface area contributed by atoms with Gasteiger partial charge in [-0.15, -0.1) is 0 Å². The van der Waals surface area contributed by atoms with E-state index in [9.17, 15) is 35.9 Å². The number of carbonyl (C=O) groups excluding carboxylic acids is 2. The Kier molecular flexibility index (Phi) is 7.72. The molecular weight excluding hydrogens is 442 g/mol. The minimum absolute atomic E-state index is 0.00853. The molecule has 2 N–H and O–H groups in total. The molecule has 2 rings (SSSR count). The number of alkyl carbamates (subject to hydrolysis) is 1. The van der Waals surface area contributed by atoms with Crippen molar-refractivity contribution < 1.29 is 40.7 Å². The molecular formula is C21H26F6N2O3. The van der Waals surface area contributed by atoms with Gasteiger partial charge >= 0.3 is 18.4 Å². The molecule has 5 nitrogen and oxygen atoms in total. The zero-order chi connectivity index (χ0) is 24.3. The van der Waals surface area contributed by atoms with Crippen LogP contribution in [-0.4, -0.2) is 23.6 Å². The third-order valence-electron chi connectivity index (χ3n) is 4.91. The minimum Gasteiger partial charge on any atom is -0.444 e. The fourth-order valence-corrected chi connectivity index (χ4v) is 3.49. The van der Waals surface area contributed by atoms with Gasteiger partial charge in [-0.05, 0) is 70.6 Å². The average molecular weight is 468 g/mol. The lowest BCUT2D eigenvalue weighted by Gasteiger charge is -2.29. The van der Waals surface area contributed by atoms with E-state index < -0.39 is 46.8 Å². The van der Waals surface area contributed by atoms with Gasteiger partial charge in [0, 0.05) is 18.2 Å². The van der Waals surface area contributed by atoms with Gasteiger partial charge in [0.15, 0.2) is 0 Å². The average Bonchev–Trinajstić information content (AvgIpc) is 2.60. The first-order valence-corrected chi connectivity index (χ1v) is 10.1. The SMILES string of the molecule is CC(C)(C)OC(=O)N[C@H]1CC[C@H](CC(=O)Nc2cc(C(F)(F)F)cc(C(F)(F)F)c2)CC1. The molecule has 11 heteroatoms. The molecule has 0 aromatic heterocycles. The van der Waals surface area contributed by atoms with Crippen LogP contribution in [0.2, 0.25) is 0 Å². The van der Waals surface area contributed by atoms with Crippen LogP contribution in [0.5, 0.6) is 0 Å². The molecule has 0 aliphatic heterocycles. The van der Waals surface area contributed by atoms with Gasteiger partial charge in [0.05, 0.1) is 11.1 Å². The molecule has 2 amide bonds. The summed E-state index contributed by atoms with van der Waals surface area (Å²) in [6, 6.07) is 0.847. The summed E-state index contributed by atoms with van der Waals surface area (Å²) in [7, 11) is 0. The third kappa shape index (κ3) is 8.23. The van der Waals surface area contributed by atoms with E-state index in [0.717, 1.165) is 0 Å². The van der Waals surface area contributed by atoms with Crippen LogP contribution in [0.25, 0.3) is 0 Å². The normalized spacial score (nSPS) is 19.9. The van der Waals surface area contributed by atoms with Gasteiger partial charge in [-0.25, -0.2) is 4.79 Å². The second-order valence-corrected chi connectivity index (χ2v) is 8.91. The Morgan fingerprint density at radius 1 is 0.906 bits per heavy atom. The molecule has 0 unspecified atom stereocenters. The number of nitrogens with one attached hydrogen (secondary N) is 2. The summed E-state index contributed by atoms with van der Waals surface area (Å²) in [5, 5.41) is 4.91. The lowest BCUT2D eigenvalue weighted by molar-refractivity contribution is -0.143. The van der Waals surface area contributed by atoms with Crippen molar-refractivity contribution in [1.82, 2.24) is 5.32 Å². The summed E-state index contributed by atoms with van der Waals surface area (Å²) in [6.07, 6.45) is -8.24. The number of halogens is 6. The second kappa shape index (κ2) is 9.58. The van der Waals surface area contributed by atoms with Crippen molar-refractivity contribution in [1.29, 1.82) is 0 Å². The number of amides is 2. The minimum atomic E-state index is -4.99. The smallest absolute Gasteiger partial charge is 0.416 e. The maximum atomic E-state index is 12.9. The summed E-state index contributed by atoms with van der Waals surface area (Å²) in [5.41, 5.74) is -4.17. The standard InChI is InChI=1S/C21H26F6N2O3/c1-19(2,3)32-18(31)29-15-6-4-12(5-7-15)8-17(30)28-16-10-13(20(22,23)24)9-14(11-16)21(25,26)27/h9-12,15H,4-8H2,1-3H3,(H,28,30)(H,29,31)/t12-,15-. The van der Waals surface area contributed by atoms with Crippen LogP contribution >= 0.6 is 0 Å². The number of rotatable bonds is 4. The molecule has 1 aromatic carbocycles. The van der Waals surface area contributed by atoms with Crippen molar-refractivity contribution in [2.45, 2.75) is 76.9 Å². The van der Waals surface area contributed by atoms with Gasteiger partial charge in [0.25, 0.3) is 0 Å². The number of ether oxygens (including phenoxy) is 1. The van der Waals surface area contributed by atoms with Gasteiger partial charge in [-0.3, -0.25) is 4.79 Å². The zero-order valence-corrected chi connectivity index (χ0v) is 17.9. The molecule has 32 heavy (non-hydrogen) atoms. The van der Waals surface area contributed by atoms with Gasteiger partial charge in [-0.2, -0.15) is 26.3 Å². The molecule has 0 saturated heterocycles. The monoisotopic (exact) mass is 468 g/mol. The van der Waals surface area contributed by atoms with E-state index in [-0.39, 0.29) is 24.4 Å². The maximum absolute atomic E-state index is 12.9. The summed E-state index contributed by atoms with van der Waals surface area (Å²) in [4.78, 5) is 24.1. The van der Waals surface area contributed by atoms with Crippen LogP contribution in [0.3, 0.4) is 0 Å². The Balaban J connectivity index is 1.93. The number of hydrogen-bond donors (Lipinski definition) is 2. The highest BCUT2D eigenvalue weighted by Gasteiger charge is 2.37. The molecule has 1 aromatic rings.